The average molecular weight is 399 g/mol. The Morgan fingerprint density at radius 2 is 2.12 bits per heavy atom. The van der Waals surface area contributed by atoms with Gasteiger partial charge in [-0.05, 0) is 55.0 Å². The number of hydrogen-bond donors (Lipinski definition) is 1. The van der Waals surface area contributed by atoms with Crippen LogP contribution in [0.1, 0.15) is 30.9 Å². The van der Waals surface area contributed by atoms with Crippen molar-refractivity contribution in [2.75, 3.05) is 24.5 Å². The lowest BCUT2D eigenvalue weighted by atomic mass is 9.98. The minimum Gasteiger partial charge on any atom is -0.371 e. The van der Waals surface area contributed by atoms with Gasteiger partial charge in [0.05, 0.1) is 4.34 Å². The second-order valence-corrected chi connectivity index (χ2v) is 9.97. The molecule has 0 unspecified atom stereocenters. The molecular weight excluding hydrogens is 376 g/mol. The maximum atomic E-state index is 12.2. The summed E-state index contributed by atoms with van der Waals surface area (Å²) in [6, 6.07) is 9.67. The molecule has 0 radical (unpaired) electrons. The van der Waals surface area contributed by atoms with Gasteiger partial charge in [0.15, 0.2) is 0 Å². The predicted octanol–water partition coefficient (Wildman–Crippen LogP) is 4.09. The van der Waals surface area contributed by atoms with E-state index in [2.05, 4.69) is 34.7 Å². The summed E-state index contributed by atoms with van der Waals surface area (Å²) in [6.45, 7) is 4.81. The highest BCUT2D eigenvalue weighted by Crippen LogP contribution is 2.28. The molecular formula is C18H23ClN2O2S2. The molecule has 1 aromatic heterocycles. The molecule has 1 aromatic carbocycles. The van der Waals surface area contributed by atoms with E-state index >= 15 is 0 Å². The van der Waals surface area contributed by atoms with E-state index in [0.717, 1.165) is 37.3 Å². The normalized spacial score (nSPS) is 14.6. The first-order valence-electron chi connectivity index (χ1n) is 8.61. The standard InChI is InChI=1S/C18H23ClN2O2S2/c1-2-11-21-12-3-4-15-13-14(5-6-16(15)21)9-10-20-25(22,23)18-8-7-17(19)24-18/h5-8,13,20H,2-4,9-12H2,1H3. The molecule has 4 nitrogen and oxygen atoms in total. The third-order valence-corrected chi connectivity index (χ3v) is 7.56. The molecule has 1 N–H and O–H groups in total. The first-order chi connectivity index (χ1) is 12.0. The Balaban J connectivity index is 1.62. The molecule has 2 heterocycles. The Bertz CT molecular complexity index is 833. The van der Waals surface area contributed by atoms with E-state index in [-0.39, 0.29) is 4.21 Å². The molecule has 0 amide bonds. The van der Waals surface area contributed by atoms with Gasteiger partial charge in [0.1, 0.15) is 4.21 Å². The molecule has 0 saturated carbocycles. The molecule has 0 bridgehead atoms. The fraction of sp³-hybridized carbons (Fsp3) is 0.444. The van der Waals surface area contributed by atoms with Crippen LogP contribution in [-0.4, -0.2) is 28.1 Å². The van der Waals surface area contributed by atoms with Crippen molar-refractivity contribution in [3.05, 3.63) is 45.8 Å². The monoisotopic (exact) mass is 398 g/mol. The fourth-order valence-corrected chi connectivity index (χ4v) is 5.79. The Morgan fingerprint density at radius 1 is 1.28 bits per heavy atom. The smallest absolute Gasteiger partial charge is 0.250 e. The third kappa shape index (κ3) is 4.56. The van der Waals surface area contributed by atoms with Gasteiger partial charge in [-0.25, -0.2) is 13.1 Å². The van der Waals surface area contributed by atoms with Crippen LogP contribution in [0.4, 0.5) is 5.69 Å². The van der Waals surface area contributed by atoms with Gasteiger partial charge in [0.2, 0.25) is 10.0 Å². The second kappa shape index (κ2) is 8.08. The van der Waals surface area contributed by atoms with Crippen molar-refractivity contribution in [1.29, 1.82) is 0 Å². The van der Waals surface area contributed by atoms with Gasteiger partial charge < -0.3 is 4.90 Å². The summed E-state index contributed by atoms with van der Waals surface area (Å²) < 4.78 is 27.8. The fourth-order valence-electron chi connectivity index (χ4n) is 3.23. The van der Waals surface area contributed by atoms with Crippen LogP contribution < -0.4 is 9.62 Å². The van der Waals surface area contributed by atoms with Crippen LogP contribution >= 0.6 is 22.9 Å². The van der Waals surface area contributed by atoms with Gasteiger partial charge in [0.25, 0.3) is 0 Å². The van der Waals surface area contributed by atoms with Crippen molar-refractivity contribution < 1.29 is 8.42 Å². The first kappa shape index (κ1) is 18.7. The maximum absolute atomic E-state index is 12.2. The minimum atomic E-state index is -3.47. The van der Waals surface area contributed by atoms with Gasteiger partial charge in [-0.2, -0.15) is 0 Å². The van der Waals surface area contributed by atoms with Gasteiger partial charge in [-0.1, -0.05) is 30.7 Å². The highest BCUT2D eigenvalue weighted by atomic mass is 35.5. The summed E-state index contributed by atoms with van der Waals surface area (Å²) in [6.07, 6.45) is 4.11. The molecule has 0 fully saturated rings. The number of fused-ring (bicyclic) bond motifs is 1. The average Bonchev–Trinajstić information content (AvgIpc) is 3.02. The maximum Gasteiger partial charge on any atom is 0.250 e. The Kier molecular flexibility index (Phi) is 6.04. The van der Waals surface area contributed by atoms with Crippen LogP contribution in [0, 0.1) is 0 Å². The van der Waals surface area contributed by atoms with E-state index in [4.69, 9.17) is 11.6 Å². The quantitative estimate of drug-likeness (QED) is 0.764. The molecule has 0 atom stereocenters. The van der Waals surface area contributed by atoms with Crippen LogP contribution in [-0.2, 0) is 22.9 Å². The lowest BCUT2D eigenvalue weighted by Crippen LogP contribution is -2.30. The molecule has 2 aromatic rings. The highest BCUT2D eigenvalue weighted by molar-refractivity contribution is 7.91. The topological polar surface area (TPSA) is 49.4 Å². The molecule has 25 heavy (non-hydrogen) atoms. The van der Waals surface area contributed by atoms with Crippen molar-refractivity contribution in [2.45, 2.75) is 36.8 Å². The molecule has 7 heteroatoms. The number of anilines is 1. The van der Waals surface area contributed by atoms with Crippen molar-refractivity contribution in [3.8, 4) is 0 Å². The summed E-state index contributed by atoms with van der Waals surface area (Å²) in [5.41, 5.74) is 3.89. The van der Waals surface area contributed by atoms with E-state index in [9.17, 15) is 8.42 Å². The summed E-state index contributed by atoms with van der Waals surface area (Å²) >= 11 is 6.89. The summed E-state index contributed by atoms with van der Waals surface area (Å²) in [5.74, 6) is 0. The lowest BCUT2D eigenvalue weighted by molar-refractivity contribution is 0.583. The van der Waals surface area contributed by atoms with Gasteiger partial charge in [-0.3, -0.25) is 0 Å². The van der Waals surface area contributed by atoms with Gasteiger partial charge in [-0.15, -0.1) is 11.3 Å². The largest absolute Gasteiger partial charge is 0.371 e. The van der Waals surface area contributed by atoms with E-state index < -0.39 is 10.0 Å². The molecule has 1 aliphatic heterocycles. The van der Waals surface area contributed by atoms with Crippen molar-refractivity contribution in [1.82, 2.24) is 4.72 Å². The zero-order chi connectivity index (χ0) is 17.9. The molecule has 0 saturated heterocycles. The van der Waals surface area contributed by atoms with Gasteiger partial charge in [0, 0.05) is 25.3 Å². The minimum absolute atomic E-state index is 0.262. The number of rotatable bonds is 7. The summed E-state index contributed by atoms with van der Waals surface area (Å²) in [4.78, 5) is 2.45. The Morgan fingerprint density at radius 3 is 2.84 bits per heavy atom. The number of halogens is 1. The highest BCUT2D eigenvalue weighted by Gasteiger charge is 2.18. The van der Waals surface area contributed by atoms with E-state index in [1.807, 2.05) is 0 Å². The van der Waals surface area contributed by atoms with E-state index in [1.165, 1.54) is 29.3 Å². The molecule has 0 aliphatic carbocycles. The van der Waals surface area contributed by atoms with Crippen molar-refractivity contribution >= 4 is 38.6 Å². The number of hydrogen-bond acceptors (Lipinski definition) is 4. The number of benzene rings is 1. The zero-order valence-electron chi connectivity index (χ0n) is 14.3. The molecule has 1 aliphatic rings. The SMILES string of the molecule is CCCN1CCCc2cc(CCNS(=O)(=O)c3ccc(Cl)s3)ccc21. The van der Waals surface area contributed by atoms with E-state index in [0.29, 0.717) is 17.3 Å². The summed E-state index contributed by atoms with van der Waals surface area (Å²) in [7, 11) is -3.47. The van der Waals surface area contributed by atoms with Crippen LogP contribution in [0.25, 0.3) is 0 Å². The van der Waals surface area contributed by atoms with Crippen molar-refractivity contribution in [3.63, 3.8) is 0 Å². The lowest BCUT2D eigenvalue weighted by Gasteiger charge is -2.31. The van der Waals surface area contributed by atoms with Crippen LogP contribution in [0.15, 0.2) is 34.5 Å². The first-order valence-corrected chi connectivity index (χ1v) is 11.3. The van der Waals surface area contributed by atoms with E-state index in [1.54, 1.807) is 6.07 Å². The Hall–Kier alpha value is -1.08. The van der Waals surface area contributed by atoms with Crippen LogP contribution in [0.2, 0.25) is 4.34 Å². The number of nitrogens with zero attached hydrogens (tertiary/aromatic N) is 1. The molecule has 0 spiro atoms. The second-order valence-electron chi connectivity index (χ2n) is 6.26. The molecule has 3 rings (SSSR count). The predicted molar refractivity (Wildman–Crippen MR) is 105 cm³/mol. The molecule has 136 valence electrons. The number of aryl methyl sites for hydroxylation is 1. The third-order valence-electron chi connectivity index (χ3n) is 4.37. The zero-order valence-corrected chi connectivity index (χ0v) is 16.7. The number of nitrogens with one attached hydrogen (secondary N) is 1. The van der Waals surface area contributed by atoms with Gasteiger partial charge >= 0.3 is 0 Å². The number of thiophene rings is 1. The summed E-state index contributed by atoms with van der Waals surface area (Å²) in [5, 5.41) is 0. The Labute approximate surface area is 158 Å². The van der Waals surface area contributed by atoms with Crippen molar-refractivity contribution in [2.24, 2.45) is 0 Å². The number of sulfonamides is 1. The van der Waals surface area contributed by atoms with Crippen LogP contribution in [0.5, 0.6) is 0 Å². The van der Waals surface area contributed by atoms with Crippen LogP contribution in [0.3, 0.4) is 0 Å².